The summed E-state index contributed by atoms with van der Waals surface area (Å²) in [5.74, 6) is -1.84. The molecular weight excluding hydrogens is 470 g/mol. The zero-order valence-corrected chi connectivity index (χ0v) is 16.6. The molecule has 8 nitrogen and oxygen atoms in total. The van der Waals surface area contributed by atoms with Crippen molar-refractivity contribution in [1.82, 2.24) is 10.2 Å². The fourth-order valence-electron chi connectivity index (χ4n) is 1.86. The van der Waals surface area contributed by atoms with Crippen molar-refractivity contribution in [3.8, 4) is 0 Å². The highest BCUT2D eigenvalue weighted by Crippen LogP contribution is 2.35. The van der Waals surface area contributed by atoms with Crippen molar-refractivity contribution >= 4 is 66.0 Å². The Morgan fingerprint density at radius 3 is 2.29 bits per heavy atom. The molecule has 2 heterocycles. The number of aromatic amines is 1. The maximum absolute atomic E-state index is 12.4. The molecule has 2 N–H and O–H groups in total. The van der Waals surface area contributed by atoms with Gasteiger partial charge < -0.3 is 14.8 Å². The monoisotopic (exact) mass is 479 g/mol. The standard InChI is InChI=1S/C13H11Br2N3O5S/c1-4-5(12(20)22-2)11(24-8(4)13(21)23-3)16-10(19)7-6(14)9(15)18-17-7/h1-3H3,(H,16,19)(H,17,18). The van der Waals surface area contributed by atoms with E-state index in [-0.39, 0.29) is 21.1 Å². The molecule has 0 aliphatic carbocycles. The van der Waals surface area contributed by atoms with Crippen molar-refractivity contribution in [2.24, 2.45) is 0 Å². The van der Waals surface area contributed by atoms with E-state index in [0.717, 1.165) is 11.3 Å². The van der Waals surface area contributed by atoms with Crippen molar-refractivity contribution in [2.75, 3.05) is 19.5 Å². The van der Waals surface area contributed by atoms with Crippen molar-refractivity contribution in [3.05, 3.63) is 30.8 Å². The molecule has 0 bridgehead atoms. The van der Waals surface area contributed by atoms with Gasteiger partial charge in [-0.1, -0.05) is 0 Å². The summed E-state index contributed by atoms with van der Waals surface area (Å²) >= 11 is 7.33. The lowest BCUT2D eigenvalue weighted by atomic mass is 10.1. The Morgan fingerprint density at radius 2 is 1.79 bits per heavy atom. The number of H-pyrrole nitrogens is 1. The third kappa shape index (κ3) is 3.37. The van der Waals surface area contributed by atoms with Crippen LogP contribution in [0.2, 0.25) is 0 Å². The van der Waals surface area contributed by atoms with E-state index in [2.05, 4.69) is 52.1 Å². The predicted octanol–water partition coefficient (Wildman–Crippen LogP) is 3.13. The number of halogens is 2. The molecular formula is C13H11Br2N3O5S. The van der Waals surface area contributed by atoms with Gasteiger partial charge in [0, 0.05) is 0 Å². The second-order valence-electron chi connectivity index (χ2n) is 4.40. The summed E-state index contributed by atoms with van der Waals surface area (Å²) in [6.45, 7) is 1.58. The lowest BCUT2D eigenvalue weighted by molar-refractivity contribution is 0.0601. The van der Waals surface area contributed by atoms with Gasteiger partial charge in [0.2, 0.25) is 0 Å². The van der Waals surface area contributed by atoms with Crippen molar-refractivity contribution in [3.63, 3.8) is 0 Å². The van der Waals surface area contributed by atoms with Crippen LogP contribution in [-0.4, -0.2) is 42.3 Å². The van der Waals surface area contributed by atoms with E-state index < -0.39 is 17.8 Å². The normalized spacial score (nSPS) is 10.4. The fraction of sp³-hybridized carbons (Fsp3) is 0.231. The van der Waals surface area contributed by atoms with Crippen molar-refractivity contribution in [1.29, 1.82) is 0 Å². The molecule has 2 aromatic heterocycles. The first-order valence-electron chi connectivity index (χ1n) is 6.32. The molecule has 0 saturated carbocycles. The van der Waals surface area contributed by atoms with Gasteiger partial charge >= 0.3 is 11.9 Å². The molecule has 0 aliphatic heterocycles. The van der Waals surface area contributed by atoms with Crippen molar-refractivity contribution < 1.29 is 23.9 Å². The Labute approximate surface area is 157 Å². The summed E-state index contributed by atoms with van der Waals surface area (Å²) in [5.41, 5.74) is 0.557. The number of amides is 1. The molecule has 128 valence electrons. The quantitative estimate of drug-likeness (QED) is 0.650. The summed E-state index contributed by atoms with van der Waals surface area (Å²) in [6, 6.07) is 0. The number of ether oxygens (including phenoxy) is 2. The molecule has 0 unspecified atom stereocenters. The van der Waals surface area contributed by atoms with Crippen LogP contribution in [0.1, 0.15) is 36.1 Å². The summed E-state index contributed by atoms with van der Waals surface area (Å²) in [7, 11) is 2.44. The Kier molecular flexibility index (Phi) is 5.78. The van der Waals surface area contributed by atoms with Gasteiger partial charge in [-0.15, -0.1) is 11.3 Å². The van der Waals surface area contributed by atoms with Gasteiger partial charge in [-0.2, -0.15) is 5.10 Å². The van der Waals surface area contributed by atoms with E-state index in [0.29, 0.717) is 14.6 Å². The fourth-order valence-corrected chi connectivity index (χ4v) is 3.60. The number of carbonyl (C=O) groups is 3. The average molecular weight is 481 g/mol. The van der Waals surface area contributed by atoms with Gasteiger partial charge in [-0.3, -0.25) is 9.89 Å². The zero-order valence-electron chi connectivity index (χ0n) is 12.7. The maximum atomic E-state index is 12.4. The highest BCUT2D eigenvalue weighted by Gasteiger charge is 2.28. The Balaban J connectivity index is 2.45. The molecule has 2 rings (SSSR count). The third-order valence-electron chi connectivity index (χ3n) is 3.02. The molecule has 0 saturated heterocycles. The van der Waals surface area contributed by atoms with Crippen LogP contribution in [-0.2, 0) is 9.47 Å². The number of methoxy groups -OCH3 is 2. The first kappa shape index (κ1) is 18.6. The Hall–Kier alpha value is -1.72. The number of hydrogen-bond donors (Lipinski definition) is 2. The minimum Gasteiger partial charge on any atom is -0.465 e. The first-order chi connectivity index (χ1) is 11.3. The number of esters is 2. The second-order valence-corrected chi connectivity index (χ2v) is 7.00. The van der Waals surface area contributed by atoms with E-state index in [1.54, 1.807) is 6.92 Å². The lowest BCUT2D eigenvalue weighted by Gasteiger charge is -2.04. The Morgan fingerprint density at radius 1 is 1.17 bits per heavy atom. The number of anilines is 1. The summed E-state index contributed by atoms with van der Waals surface area (Å²) in [6.07, 6.45) is 0. The van der Waals surface area contributed by atoms with Crippen LogP contribution >= 0.6 is 43.2 Å². The SMILES string of the molecule is COC(=O)c1sc(NC(=O)c2n[nH]c(Br)c2Br)c(C(=O)OC)c1C. The van der Waals surface area contributed by atoms with E-state index in [1.807, 2.05) is 0 Å². The van der Waals surface area contributed by atoms with Gasteiger partial charge in [0.05, 0.1) is 24.3 Å². The number of thiophene rings is 1. The van der Waals surface area contributed by atoms with Crippen LogP contribution in [0.3, 0.4) is 0 Å². The molecule has 0 radical (unpaired) electrons. The van der Waals surface area contributed by atoms with Crippen LogP contribution < -0.4 is 5.32 Å². The summed E-state index contributed by atoms with van der Waals surface area (Å²) in [4.78, 5) is 36.4. The number of aromatic nitrogens is 2. The lowest BCUT2D eigenvalue weighted by Crippen LogP contribution is -2.15. The molecule has 0 aromatic carbocycles. The van der Waals surface area contributed by atoms with Gasteiger partial charge in [-0.25, -0.2) is 9.59 Å². The van der Waals surface area contributed by atoms with E-state index >= 15 is 0 Å². The predicted molar refractivity (Wildman–Crippen MR) is 93.7 cm³/mol. The summed E-state index contributed by atoms with van der Waals surface area (Å²) < 4.78 is 10.3. The van der Waals surface area contributed by atoms with Gasteiger partial charge in [0.15, 0.2) is 5.69 Å². The van der Waals surface area contributed by atoms with Gasteiger partial charge in [0.25, 0.3) is 5.91 Å². The highest BCUT2D eigenvalue weighted by molar-refractivity contribution is 9.13. The molecule has 0 aliphatic rings. The molecule has 0 atom stereocenters. The number of nitrogens with one attached hydrogen (secondary N) is 2. The molecule has 24 heavy (non-hydrogen) atoms. The number of nitrogens with zero attached hydrogens (tertiary/aromatic N) is 1. The van der Waals surface area contributed by atoms with Crippen LogP contribution in [0.4, 0.5) is 5.00 Å². The number of rotatable bonds is 4. The maximum Gasteiger partial charge on any atom is 0.348 e. The van der Waals surface area contributed by atoms with Crippen LogP contribution in [0.25, 0.3) is 0 Å². The van der Waals surface area contributed by atoms with E-state index in [1.165, 1.54) is 14.2 Å². The van der Waals surface area contributed by atoms with E-state index in [4.69, 9.17) is 4.74 Å². The van der Waals surface area contributed by atoms with Crippen LogP contribution in [0.15, 0.2) is 9.08 Å². The number of hydrogen-bond acceptors (Lipinski definition) is 7. The topological polar surface area (TPSA) is 110 Å². The van der Waals surface area contributed by atoms with Crippen LogP contribution in [0, 0.1) is 6.92 Å². The largest absolute Gasteiger partial charge is 0.465 e. The smallest absolute Gasteiger partial charge is 0.348 e. The zero-order chi connectivity index (χ0) is 18.0. The third-order valence-corrected chi connectivity index (χ3v) is 6.08. The van der Waals surface area contributed by atoms with E-state index in [9.17, 15) is 14.4 Å². The summed E-state index contributed by atoms with van der Waals surface area (Å²) in [5, 5.41) is 9.20. The second kappa shape index (κ2) is 7.45. The van der Waals surface area contributed by atoms with Crippen LogP contribution in [0.5, 0.6) is 0 Å². The molecule has 11 heteroatoms. The molecule has 0 fully saturated rings. The molecule has 1 amide bonds. The highest BCUT2D eigenvalue weighted by atomic mass is 79.9. The van der Waals surface area contributed by atoms with Crippen molar-refractivity contribution in [2.45, 2.75) is 6.92 Å². The van der Waals surface area contributed by atoms with Gasteiger partial charge in [0.1, 0.15) is 14.5 Å². The molecule has 0 spiro atoms. The minimum absolute atomic E-state index is 0.0864. The molecule has 2 aromatic rings. The minimum atomic E-state index is -0.670. The average Bonchev–Trinajstić information content (AvgIpc) is 3.06. The number of carbonyl (C=O) groups excluding carboxylic acids is 3. The Bertz CT molecular complexity index is 830. The first-order valence-corrected chi connectivity index (χ1v) is 8.72. The van der Waals surface area contributed by atoms with Gasteiger partial charge in [-0.05, 0) is 44.3 Å².